The molecular weight excluding hydrogens is 262 g/mol. The number of nitro benzene ring substituents is 1. The summed E-state index contributed by atoms with van der Waals surface area (Å²) in [6, 6.07) is 6.47. The van der Waals surface area contributed by atoms with E-state index in [0.717, 1.165) is 0 Å². The number of rotatable bonds is 5. The molecule has 1 N–H and O–H groups in total. The monoisotopic (exact) mass is 275 g/mol. The normalized spacial score (nSPS) is 10.2. The van der Waals surface area contributed by atoms with Gasteiger partial charge in [-0.15, -0.1) is 0 Å². The third-order valence-corrected chi connectivity index (χ3v) is 2.82. The van der Waals surface area contributed by atoms with Crippen LogP contribution in [0.4, 0.5) is 11.4 Å². The van der Waals surface area contributed by atoms with Crippen molar-refractivity contribution in [2.75, 3.05) is 19.0 Å². The molecule has 0 saturated heterocycles. The van der Waals surface area contributed by atoms with Crippen molar-refractivity contribution in [1.29, 1.82) is 0 Å². The maximum atomic E-state index is 11.0. The van der Waals surface area contributed by atoms with Crippen LogP contribution in [0.2, 0.25) is 0 Å². The smallest absolute Gasteiger partial charge is 0.307 e. The van der Waals surface area contributed by atoms with Crippen LogP contribution in [-0.2, 0) is 9.53 Å². The number of carbonyl (C=O) groups excluding carboxylic acids is 1. The maximum Gasteiger partial charge on any atom is 0.307 e. The Morgan fingerprint density at radius 2 is 2.25 bits per heavy atom. The van der Waals surface area contributed by atoms with Crippen molar-refractivity contribution >= 4 is 28.2 Å². The molecule has 0 aliphatic rings. The molecule has 0 aliphatic carbocycles. The number of pyridine rings is 1. The van der Waals surface area contributed by atoms with Gasteiger partial charge in [0.25, 0.3) is 5.69 Å². The zero-order valence-electron chi connectivity index (χ0n) is 10.8. The number of benzene rings is 1. The van der Waals surface area contributed by atoms with Gasteiger partial charge in [-0.05, 0) is 6.07 Å². The lowest BCUT2D eigenvalue weighted by molar-refractivity contribution is -0.383. The molecule has 0 amide bonds. The van der Waals surface area contributed by atoms with Crippen LogP contribution in [0.3, 0.4) is 0 Å². The van der Waals surface area contributed by atoms with Gasteiger partial charge >= 0.3 is 5.97 Å². The van der Waals surface area contributed by atoms with Crippen LogP contribution in [0.15, 0.2) is 30.5 Å². The zero-order valence-corrected chi connectivity index (χ0v) is 10.8. The molecule has 0 atom stereocenters. The topological polar surface area (TPSA) is 94.4 Å². The molecule has 0 saturated carbocycles. The lowest BCUT2D eigenvalue weighted by Crippen LogP contribution is -2.10. The largest absolute Gasteiger partial charge is 0.469 e. The quantitative estimate of drug-likeness (QED) is 0.510. The number of nitrogens with zero attached hydrogens (tertiary/aromatic N) is 2. The SMILES string of the molecule is COC(=O)CCNc1ccnc2c([N+](=O)[O-])cccc12. The lowest BCUT2D eigenvalue weighted by atomic mass is 10.1. The molecule has 104 valence electrons. The molecule has 0 spiro atoms. The summed E-state index contributed by atoms with van der Waals surface area (Å²) >= 11 is 0. The van der Waals surface area contributed by atoms with E-state index in [4.69, 9.17) is 0 Å². The predicted octanol–water partition coefficient (Wildman–Crippen LogP) is 2.12. The number of esters is 1. The van der Waals surface area contributed by atoms with E-state index >= 15 is 0 Å². The van der Waals surface area contributed by atoms with Gasteiger partial charge < -0.3 is 10.1 Å². The molecule has 1 aromatic carbocycles. The number of nitrogens with one attached hydrogen (secondary N) is 1. The van der Waals surface area contributed by atoms with Crippen LogP contribution in [0, 0.1) is 10.1 Å². The number of anilines is 1. The fraction of sp³-hybridized carbons (Fsp3) is 0.231. The average molecular weight is 275 g/mol. The first-order valence-corrected chi connectivity index (χ1v) is 5.96. The summed E-state index contributed by atoms with van der Waals surface area (Å²) < 4.78 is 4.55. The minimum absolute atomic E-state index is 0.0425. The number of non-ortho nitro benzene ring substituents is 1. The van der Waals surface area contributed by atoms with Crippen LogP contribution >= 0.6 is 0 Å². The third-order valence-electron chi connectivity index (χ3n) is 2.82. The van der Waals surface area contributed by atoms with Gasteiger partial charge in [0.2, 0.25) is 0 Å². The van der Waals surface area contributed by atoms with Crippen molar-refractivity contribution in [2.24, 2.45) is 0 Å². The van der Waals surface area contributed by atoms with E-state index in [1.807, 2.05) is 0 Å². The number of para-hydroxylation sites is 1. The molecule has 0 unspecified atom stereocenters. The Bertz CT molecular complexity index is 657. The summed E-state index contributed by atoms with van der Waals surface area (Å²) in [6.07, 6.45) is 1.71. The summed E-state index contributed by atoms with van der Waals surface area (Å²) in [5, 5.41) is 14.7. The van der Waals surface area contributed by atoms with E-state index in [1.165, 1.54) is 19.4 Å². The summed E-state index contributed by atoms with van der Waals surface area (Å²) in [5.41, 5.74) is 0.974. The van der Waals surface area contributed by atoms with Crippen molar-refractivity contribution in [3.8, 4) is 0 Å². The number of methoxy groups -OCH3 is 1. The second kappa shape index (κ2) is 5.96. The molecule has 20 heavy (non-hydrogen) atoms. The summed E-state index contributed by atoms with van der Waals surface area (Å²) in [5.74, 6) is -0.318. The van der Waals surface area contributed by atoms with Gasteiger partial charge in [-0.3, -0.25) is 14.9 Å². The van der Waals surface area contributed by atoms with Crippen molar-refractivity contribution < 1.29 is 14.5 Å². The van der Waals surface area contributed by atoms with Gasteiger partial charge in [-0.25, -0.2) is 4.98 Å². The number of hydrogen-bond acceptors (Lipinski definition) is 6. The van der Waals surface area contributed by atoms with Gasteiger partial charge in [0.15, 0.2) is 0 Å². The van der Waals surface area contributed by atoms with E-state index in [-0.39, 0.29) is 18.1 Å². The zero-order chi connectivity index (χ0) is 14.5. The van der Waals surface area contributed by atoms with E-state index in [9.17, 15) is 14.9 Å². The van der Waals surface area contributed by atoms with Crippen molar-refractivity contribution in [3.63, 3.8) is 0 Å². The van der Waals surface area contributed by atoms with Gasteiger partial charge in [-0.2, -0.15) is 0 Å². The molecule has 2 rings (SSSR count). The lowest BCUT2D eigenvalue weighted by Gasteiger charge is -2.08. The molecule has 7 heteroatoms. The molecule has 0 radical (unpaired) electrons. The number of hydrogen-bond donors (Lipinski definition) is 1. The van der Waals surface area contributed by atoms with E-state index in [1.54, 1.807) is 18.2 Å². The summed E-state index contributed by atoms with van der Waals surface area (Å²) in [6.45, 7) is 0.383. The molecular formula is C13H13N3O4. The van der Waals surface area contributed by atoms with Crippen molar-refractivity contribution in [1.82, 2.24) is 4.98 Å². The van der Waals surface area contributed by atoms with Crippen molar-refractivity contribution in [3.05, 3.63) is 40.6 Å². The highest BCUT2D eigenvalue weighted by molar-refractivity contribution is 5.96. The number of carbonyl (C=O) groups is 1. The minimum atomic E-state index is -0.465. The highest BCUT2D eigenvalue weighted by Crippen LogP contribution is 2.28. The Morgan fingerprint density at radius 1 is 1.45 bits per heavy atom. The van der Waals surface area contributed by atoms with Crippen LogP contribution in [0.1, 0.15) is 6.42 Å². The van der Waals surface area contributed by atoms with Crippen LogP contribution in [0.5, 0.6) is 0 Å². The standard InChI is InChI=1S/C13H13N3O4/c1-20-12(17)6-8-14-10-5-7-15-13-9(10)3-2-4-11(13)16(18)19/h2-5,7H,6,8H2,1H3,(H,14,15). The second-order valence-corrected chi connectivity index (χ2v) is 4.04. The van der Waals surface area contributed by atoms with E-state index in [2.05, 4.69) is 15.0 Å². The highest BCUT2D eigenvalue weighted by Gasteiger charge is 2.14. The second-order valence-electron chi connectivity index (χ2n) is 4.04. The number of ether oxygens (including phenoxy) is 1. The minimum Gasteiger partial charge on any atom is -0.469 e. The molecule has 7 nitrogen and oxygen atoms in total. The molecule has 2 aromatic rings. The first-order chi connectivity index (χ1) is 9.63. The van der Waals surface area contributed by atoms with Crippen LogP contribution < -0.4 is 5.32 Å². The molecule has 0 bridgehead atoms. The highest BCUT2D eigenvalue weighted by atomic mass is 16.6. The van der Waals surface area contributed by atoms with E-state index < -0.39 is 4.92 Å². The Hall–Kier alpha value is -2.70. The molecule has 0 fully saturated rings. The summed E-state index contributed by atoms with van der Waals surface area (Å²) in [4.78, 5) is 25.6. The number of aromatic nitrogens is 1. The number of nitro groups is 1. The Kier molecular flexibility index (Phi) is 4.09. The Balaban J connectivity index is 2.28. The van der Waals surface area contributed by atoms with Crippen LogP contribution in [-0.4, -0.2) is 29.5 Å². The third kappa shape index (κ3) is 2.82. The molecule has 1 heterocycles. The summed E-state index contributed by atoms with van der Waals surface area (Å²) in [7, 11) is 1.33. The molecule has 0 aliphatic heterocycles. The fourth-order valence-electron chi connectivity index (χ4n) is 1.86. The first kappa shape index (κ1) is 13.7. The molecule has 1 aromatic heterocycles. The fourth-order valence-corrected chi connectivity index (χ4v) is 1.86. The Morgan fingerprint density at radius 3 is 2.95 bits per heavy atom. The Labute approximate surface area is 114 Å². The van der Waals surface area contributed by atoms with Gasteiger partial charge in [-0.1, -0.05) is 12.1 Å². The average Bonchev–Trinajstić information content (AvgIpc) is 2.46. The van der Waals surface area contributed by atoms with Gasteiger partial charge in [0.05, 0.1) is 18.5 Å². The number of fused-ring (bicyclic) bond motifs is 1. The predicted molar refractivity (Wildman–Crippen MR) is 73.5 cm³/mol. The van der Waals surface area contributed by atoms with Gasteiger partial charge in [0, 0.05) is 29.9 Å². The van der Waals surface area contributed by atoms with E-state index in [0.29, 0.717) is 23.1 Å². The first-order valence-electron chi connectivity index (χ1n) is 5.96. The van der Waals surface area contributed by atoms with Gasteiger partial charge in [0.1, 0.15) is 5.52 Å². The van der Waals surface area contributed by atoms with Crippen LogP contribution in [0.25, 0.3) is 10.9 Å². The van der Waals surface area contributed by atoms with Crippen molar-refractivity contribution in [2.45, 2.75) is 6.42 Å². The maximum absolute atomic E-state index is 11.0.